The van der Waals surface area contributed by atoms with Crippen molar-refractivity contribution >= 4 is 23.4 Å². The molecular formula is C27H32ClN5O2. The maximum absolute atomic E-state index is 13.8. The van der Waals surface area contributed by atoms with Gasteiger partial charge in [0.05, 0.1) is 12.4 Å². The second kappa shape index (κ2) is 11.5. The lowest BCUT2D eigenvalue weighted by molar-refractivity contribution is -0.144. The number of imidazole rings is 1. The average molecular weight is 494 g/mol. The van der Waals surface area contributed by atoms with Crippen molar-refractivity contribution in [3.63, 3.8) is 0 Å². The van der Waals surface area contributed by atoms with Gasteiger partial charge >= 0.3 is 0 Å². The summed E-state index contributed by atoms with van der Waals surface area (Å²) < 4.78 is 0. The summed E-state index contributed by atoms with van der Waals surface area (Å²) in [5.74, 6) is -0.147. The Bertz CT molecular complexity index is 1150. The Morgan fingerprint density at radius 2 is 1.97 bits per heavy atom. The van der Waals surface area contributed by atoms with E-state index in [4.69, 9.17) is 11.6 Å². The zero-order valence-electron chi connectivity index (χ0n) is 20.1. The third-order valence-corrected chi connectivity index (χ3v) is 6.67. The molecule has 0 bridgehead atoms. The second-order valence-electron chi connectivity index (χ2n) is 9.31. The first-order chi connectivity index (χ1) is 16.9. The Hall–Kier alpha value is -3.16. The quantitative estimate of drug-likeness (QED) is 0.425. The van der Waals surface area contributed by atoms with Gasteiger partial charge in [0.1, 0.15) is 6.04 Å². The molecule has 0 saturated heterocycles. The van der Waals surface area contributed by atoms with Crippen LogP contribution in [0.2, 0.25) is 5.02 Å². The minimum absolute atomic E-state index is 0.0537. The van der Waals surface area contributed by atoms with E-state index >= 15 is 0 Å². The number of carbonyl (C=O) groups excluding carboxylic acids is 2. The van der Waals surface area contributed by atoms with Crippen LogP contribution in [-0.4, -0.2) is 45.3 Å². The molecule has 1 unspecified atom stereocenters. The SMILES string of the molecule is CC(C)C(NCCc1cnc[nH]1)C(=O)N1Cc2ccccc2C[C@H]1C(=O)NCc1cccc(Cl)c1. The van der Waals surface area contributed by atoms with Crippen molar-refractivity contribution < 1.29 is 9.59 Å². The zero-order valence-corrected chi connectivity index (χ0v) is 20.9. The van der Waals surface area contributed by atoms with E-state index < -0.39 is 12.1 Å². The van der Waals surface area contributed by atoms with Gasteiger partial charge in [0, 0.05) is 49.4 Å². The average Bonchev–Trinajstić information content (AvgIpc) is 3.37. The van der Waals surface area contributed by atoms with Gasteiger partial charge in [-0.1, -0.05) is 61.8 Å². The van der Waals surface area contributed by atoms with Crippen LogP contribution in [0.25, 0.3) is 0 Å². The van der Waals surface area contributed by atoms with Gasteiger partial charge in [-0.3, -0.25) is 9.59 Å². The van der Waals surface area contributed by atoms with Gasteiger partial charge in [-0.2, -0.15) is 0 Å². The van der Waals surface area contributed by atoms with E-state index in [9.17, 15) is 9.59 Å². The zero-order chi connectivity index (χ0) is 24.8. The Morgan fingerprint density at radius 1 is 1.17 bits per heavy atom. The van der Waals surface area contributed by atoms with Crippen LogP contribution in [0.5, 0.6) is 0 Å². The summed E-state index contributed by atoms with van der Waals surface area (Å²) in [5.41, 5.74) is 4.12. The maximum Gasteiger partial charge on any atom is 0.243 e. The molecular weight excluding hydrogens is 462 g/mol. The number of aromatic nitrogens is 2. The number of nitrogens with one attached hydrogen (secondary N) is 3. The molecule has 2 amide bonds. The Labute approximate surface area is 211 Å². The van der Waals surface area contributed by atoms with Gasteiger partial charge in [0.25, 0.3) is 0 Å². The highest BCUT2D eigenvalue weighted by atomic mass is 35.5. The van der Waals surface area contributed by atoms with Gasteiger partial charge in [-0.05, 0) is 34.7 Å². The largest absolute Gasteiger partial charge is 0.350 e. The normalized spacial score (nSPS) is 16.1. The van der Waals surface area contributed by atoms with Gasteiger partial charge in [0.2, 0.25) is 11.8 Å². The van der Waals surface area contributed by atoms with Crippen molar-refractivity contribution in [2.24, 2.45) is 5.92 Å². The van der Waals surface area contributed by atoms with Crippen LogP contribution in [0.3, 0.4) is 0 Å². The van der Waals surface area contributed by atoms with Crippen molar-refractivity contribution in [1.29, 1.82) is 0 Å². The smallest absolute Gasteiger partial charge is 0.243 e. The van der Waals surface area contributed by atoms with Crippen molar-refractivity contribution in [3.8, 4) is 0 Å². The number of nitrogens with zero attached hydrogens (tertiary/aromatic N) is 2. The highest BCUT2D eigenvalue weighted by Crippen LogP contribution is 2.25. The maximum atomic E-state index is 13.8. The minimum atomic E-state index is -0.577. The van der Waals surface area contributed by atoms with Crippen LogP contribution >= 0.6 is 11.6 Å². The molecule has 3 N–H and O–H groups in total. The minimum Gasteiger partial charge on any atom is -0.350 e. The third kappa shape index (κ3) is 6.29. The molecule has 0 spiro atoms. The summed E-state index contributed by atoms with van der Waals surface area (Å²) >= 11 is 6.09. The number of benzene rings is 2. The molecule has 0 aliphatic carbocycles. The lowest BCUT2D eigenvalue weighted by atomic mass is 9.91. The molecule has 2 aromatic carbocycles. The molecule has 184 valence electrons. The molecule has 7 nitrogen and oxygen atoms in total. The number of hydrogen-bond acceptors (Lipinski definition) is 4. The fraction of sp³-hybridized carbons (Fsp3) is 0.370. The molecule has 0 saturated carbocycles. The van der Waals surface area contributed by atoms with Crippen LogP contribution in [0.4, 0.5) is 0 Å². The Balaban J connectivity index is 1.50. The first-order valence-electron chi connectivity index (χ1n) is 12.0. The molecule has 3 aromatic rings. The fourth-order valence-corrected chi connectivity index (χ4v) is 4.73. The molecule has 0 fully saturated rings. The van der Waals surface area contributed by atoms with E-state index in [-0.39, 0.29) is 17.7 Å². The lowest BCUT2D eigenvalue weighted by Crippen LogP contribution is -2.58. The number of H-pyrrole nitrogens is 1. The summed E-state index contributed by atoms with van der Waals surface area (Å²) in [7, 11) is 0. The Morgan fingerprint density at radius 3 is 2.69 bits per heavy atom. The topological polar surface area (TPSA) is 90.1 Å². The van der Waals surface area contributed by atoms with Crippen molar-refractivity contribution in [3.05, 3.63) is 88.5 Å². The standard InChI is InChI=1S/C27H32ClN5O2/c1-18(2)25(30-11-10-23-15-29-17-32-23)27(35)33-16-21-8-4-3-7-20(21)13-24(33)26(34)31-14-19-6-5-9-22(28)12-19/h3-9,12,15,17-18,24-25,30H,10-11,13-14,16H2,1-2H3,(H,29,32)(H,31,34)/t24-,25?/m0/s1. The van der Waals surface area contributed by atoms with E-state index in [0.29, 0.717) is 31.1 Å². The molecule has 8 heteroatoms. The van der Waals surface area contributed by atoms with Gasteiger partial charge in [-0.15, -0.1) is 0 Å². The highest BCUT2D eigenvalue weighted by Gasteiger charge is 2.38. The lowest BCUT2D eigenvalue weighted by Gasteiger charge is -2.39. The van der Waals surface area contributed by atoms with Crippen molar-refractivity contribution in [2.75, 3.05) is 6.54 Å². The molecule has 35 heavy (non-hydrogen) atoms. The van der Waals surface area contributed by atoms with Crippen LogP contribution < -0.4 is 10.6 Å². The van der Waals surface area contributed by atoms with Gasteiger partial charge in [-0.25, -0.2) is 4.98 Å². The van der Waals surface area contributed by atoms with E-state index in [0.717, 1.165) is 28.8 Å². The van der Waals surface area contributed by atoms with Gasteiger partial charge < -0.3 is 20.5 Å². The van der Waals surface area contributed by atoms with Crippen molar-refractivity contribution in [2.45, 2.75) is 51.9 Å². The summed E-state index contributed by atoms with van der Waals surface area (Å²) in [6, 6.07) is 14.5. The summed E-state index contributed by atoms with van der Waals surface area (Å²) in [5, 5.41) is 7.06. The van der Waals surface area contributed by atoms with E-state index in [1.165, 1.54) is 0 Å². The molecule has 0 radical (unpaired) electrons. The summed E-state index contributed by atoms with van der Waals surface area (Å²) in [6.07, 6.45) is 4.67. The van der Waals surface area contributed by atoms with Crippen LogP contribution in [0.15, 0.2) is 61.1 Å². The number of fused-ring (bicyclic) bond motifs is 1. The summed E-state index contributed by atoms with van der Waals surface area (Å²) in [6.45, 7) is 5.45. The van der Waals surface area contributed by atoms with Crippen LogP contribution in [-0.2, 0) is 35.5 Å². The molecule has 1 aliphatic rings. The molecule has 4 rings (SSSR count). The van der Waals surface area contributed by atoms with Gasteiger partial charge in [0.15, 0.2) is 0 Å². The Kier molecular flexibility index (Phi) is 8.21. The number of rotatable bonds is 9. The second-order valence-corrected chi connectivity index (χ2v) is 9.74. The number of amides is 2. The number of aromatic amines is 1. The van der Waals surface area contributed by atoms with Crippen LogP contribution in [0, 0.1) is 5.92 Å². The van der Waals surface area contributed by atoms with Crippen molar-refractivity contribution in [1.82, 2.24) is 25.5 Å². The molecule has 2 heterocycles. The van der Waals surface area contributed by atoms with E-state index in [2.05, 4.69) is 20.6 Å². The predicted octanol–water partition coefficient (Wildman–Crippen LogP) is 3.49. The summed E-state index contributed by atoms with van der Waals surface area (Å²) in [4.78, 5) is 36.1. The third-order valence-electron chi connectivity index (χ3n) is 6.44. The monoisotopic (exact) mass is 493 g/mol. The molecule has 2 atom stereocenters. The van der Waals surface area contributed by atoms with E-state index in [1.807, 2.05) is 56.3 Å². The highest BCUT2D eigenvalue weighted by molar-refractivity contribution is 6.30. The number of hydrogen-bond donors (Lipinski definition) is 3. The first-order valence-corrected chi connectivity index (χ1v) is 12.4. The number of halogens is 1. The molecule has 1 aliphatic heterocycles. The molecule has 1 aromatic heterocycles. The fourth-order valence-electron chi connectivity index (χ4n) is 4.51. The van der Waals surface area contributed by atoms with E-state index in [1.54, 1.807) is 23.5 Å². The van der Waals surface area contributed by atoms with Crippen LogP contribution in [0.1, 0.15) is 36.2 Å². The first kappa shape index (κ1) is 24.9. The number of carbonyl (C=O) groups is 2. The predicted molar refractivity (Wildman–Crippen MR) is 137 cm³/mol.